The van der Waals surface area contributed by atoms with Crippen molar-refractivity contribution < 1.29 is 39.6 Å². The van der Waals surface area contributed by atoms with Crippen LogP contribution >= 0.6 is 0 Å². The van der Waals surface area contributed by atoms with Crippen molar-refractivity contribution in [2.24, 2.45) is 0 Å². The first kappa shape index (κ1) is 18.6. The summed E-state index contributed by atoms with van der Waals surface area (Å²) < 4.78 is 0. The summed E-state index contributed by atoms with van der Waals surface area (Å²) in [5.41, 5.74) is -1.94. The van der Waals surface area contributed by atoms with Gasteiger partial charge in [-0.15, -0.1) is 0 Å². The average Bonchev–Trinajstić information content (AvgIpc) is 2.43. The molecule has 0 saturated carbocycles. The minimum Gasteiger partial charge on any atom is -0.478 e. The molecule has 0 bridgehead atoms. The molecule has 0 amide bonds. The quantitative estimate of drug-likeness (QED) is 0.613. The Balaban J connectivity index is 0.00000264. The van der Waals surface area contributed by atoms with E-state index in [4.69, 9.17) is 20.4 Å². The Labute approximate surface area is 150 Å². The Morgan fingerprint density at radius 2 is 0.696 bits per heavy atom. The number of aromatic carboxylic acids is 4. The minimum atomic E-state index is -1.49. The van der Waals surface area contributed by atoms with Gasteiger partial charge in [-0.2, -0.15) is 0 Å². The van der Waals surface area contributed by atoms with Gasteiger partial charge in [-0.1, -0.05) is 0 Å². The van der Waals surface area contributed by atoms with Gasteiger partial charge in [0.25, 0.3) is 0 Å². The van der Waals surface area contributed by atoms with Crippen molar-refractivity contribution >= 4 is 64.2 Å². The van der Waals surface area contributed by atoms with E-state index in [-0.39, 0.29) is 29.6 Å². The summed E-state index contributed by atoms with van der Waals surface area (Å²) in [6.45, 7) is 0. The predicted octanol–water partition coefficient (Wildman–Crippen LogP) is 1.25. The standard InChI is InChI=1S/C14H8O8.Na/c15-11(16)5-1-2-6(12(17)18)10-8(14(21)22)4-3-7(9(5)10)13(19)20;/h1-4H,(H,15,16)(H,17,18)(H,19,20)(H,21,22);. The van der Waals surface area contributed by atoms with Gasteiger partial charge in [0, 0.05) is 40.3 Å². The van der Waals surface area contributed by atoms with Crippen molar-refractivity contribution in [3.05, 3.63) is 46.5 Å². The number of hydrogen-bond acceptors (Lipinski definition) is 4. The van der Waals surface area contributed by atoms with Gasteiger partial charge in [0.1, 0.15) is 0 Å². The van der Waals surface area contributed by atoms with Crippen LogP contribution in [0.3, 0.4) is 0 Å². The van der Waals surface area contributed by atoms with Crippen LogP contribution in [0.5, 0.6) is 0 Å². The Bertz CT molecular complexity index is 718. The van der Waals surface area contributed by atoms with Gasteiger partial charge in [0.15, 0.2) is 0 Å². The van der Waals surface area contributed by atoms with E-state index >= 15 is 0 Å². The second-order valence-electron chi connectivity index (χ2n) is 4.29. The molecule has 4 N–H and O–H groups in total. The molecule has 113 valence electrons. The van der Waals surface area contributed by atoms with Gasteiger partial charge in [-0.25, -0.2) is 19.2 Å². The van der Waals surface area contributed by atoms with Crippen LogP contribution in [0.4, 0.5) is 0 Å². The van der Waals surface area contributed by atoms with E-state index in [0.717, 1.165) is 24.3 Å². The van der Waals surface area contributed by atoms with E-state index in [2.05, 4.69) is 0 Å². The van der Waals surface area contributed by atoms with Crippen LogP contribution in [0.15, 0.2) is 24.3 Å². The summed E-state index contributed by atoms with van der Waals surface area (Å²) >= 11 is 0. The van der Waals surface area contributed by atoms with Crippen LogP contribution in [-0.2, 0) is 0 Å². The van der Waals surface area contributed by atoms with Crippen molar-refractivity contribution in [3.8, 4) is 0 Å². The van der Waals surface area contributed by atoms with E-state index in [1.807, 2.05) is 0 Å². The molecule has 0 aliphatic heterocycles. The topological polar surface area (TPSA) is 149 Å². The van der Waals surface area contributed by atoms with E-state index < -0.39 is 56.9 Å². The fourth-order valence-electron chi connectivity index (χ4n) is 2.21. The van der Waals surface area contributed by atoms with Crippen LogP contribution in [0.25, 0.3) is 10.8 Å². The Hall–Kier alpha value is -2.42. The number of benzene rings is 2. The Morgan fingerprint density at radius 1 is 0.522 bits per heavy atom. The summed E-state index contributed by atoms with van der Waals surface area (Å²) in [4.78, 5) is 45.1. The van der Waals surface area contributed by atoms with Gasteiger partial charge in [0.05, 0.1) is 22.3 Å². The number of rotatable bonds is 4. The number of carboxylic acids is 4. The summed E-state index contributed by atoms with van der Waals surface area (Å²) in [5, 5.41) is 35.8. The molecule has 0 heterocycles. The molecule has 0 unspecified atom stereocenters. The van der Waals surface area contributed by atoms with E-state index in [1.54, 1.807) is 0 Å². The Kier molecular flexibility index (Phi) is 5.49. The van der Waals surface area contributed by atoms with Crippen molar-refractivity contribution in [1.82, 2.24) is 0 Å². The van der Waals surface area contributed by atoms with E-state index in [9.17, 15) is 19.2 Å². The van der Waals surface area contributed by atoms with Crippen molar-refractivity contribution in [2.45, 2.75) is 0 Å². The maximum absolute atomic E-state index is 11.3. The van der Waals surface area contributed by atoms with Gasteiger partial charge in [-0.05, 0) is 24.3 Å². The van der Waals surface area contributed by atoms with Crippen molar-refractivity contribution in [3.63, 3.8) is 0 Å². The maximum atomic E-state index is 11.3. The van der Waals surface area contributed by atoms with Crippen LogP contribution < -0.4 is 0 Å². The molecule has 23 heavy (non-hydrogen) atoms. The first-order chi connectivity index (χ1) is 10.3. The molecule has 0 atom stereocenters. The number of fused-ring (bicyclic) bond motifs is 1. The summed E-state index contributed by atoms with van der Waals surface area (Å²) in [6, 6.07) is 3.75. The van der Waals surface area contributed by atoms with Gasteiger partial charge in [0.2, 0.25) is 0 Å². The summed E-state index contributed by atoms with van der Waals surface area (Å²) in [5.74, 6) is -5.97. The minimum absolute atomic E-state index is 0. The van der Waals surface area contributed by atoms with Gasteiger partial charge in [-0.3, -0.25) is 0 Å². The third-order valence-electron chi connectivity index (χ3n) is 3.08. The normalized spacial score (nSPS) is 9.91. The zero-order chi connectivity index (χ0) is 16.6. The van der Waals surface area contributed by atoms with E-state index in [1.165, 1.54) is 0 Å². The SMILES string of the molecule is O=C(O)c1ccc(C(=O)O)c2c(C(=O)O)ccc(C(=O)O)c12.[Na]. The van der Waals surface area contributed by atoms with Crippen LogP contribution in [0.1, 0.15) is 41.4 Å². The average molecular weight is 327 g/mol. The second-order valence-corrected chi connectivity index (χ2v) is 4.29. The first-order valence-corrected chi connectivity index (χ1v) is 5.78. The molecule has 0 aliphatic rings. The molecule has 0 aromatic heterocycles. The maximum Gasteiger partial charge on any atom is 0.336 e. The molecule has 0 aliphatic carbocycles. The second kappa shape index (κ2) is 6.78. The van der Waals surface area contributed by atoms with Gasteiger partial charge >= 0.3 is 23.9 Å². The third-order valence-corrected chi connectivity index (χ3v) is 3.08. The monoisotopic (exact) mass is 327 g/mol. The molecule has 2 aromatic rings. The Morgan fingerprint density at radius 3 is 0.826 bits per heavy atom. The fraction of sp³-hybridized carbons (Fsp3) is 0. The van der Waals surface area contributed by atoms with Crippen molar-refractivity contribution in [1.29, 1.82) is 0 Å². The molecule has 8 nitrogen and oxygen atoms in total. The molecule has 0 spiro atoms. The molecule has 2 rings (SSSR count). The first-order valence-electron chi connectivity index (χ1n) is 5.78. The molecule has 0 saturated heterocycles. The van der Waals surface area contributed by atoms with E-state index in [0.29, 0.717) is 0 Å². The van der Waals surface area contributed by atoms with Gasteiger partial charge < -0.3 is 20.4 Å². The number of carboxylic acid groups (broad SMARTS) is 4. The van der Waals surface area contributed by atoms with Crippen LogP contribution in [-0.4, -0.2) is 73.9 Å². The smallest absolute Gasteiger partial charge is 0.336 e. The van der Waals surface area contributed by atoms with Crippen LogP contribution in [0, 0.1) is 0 Å². The number of carbonyl (C=O) groups is 4. The molecule has 1 radical (unpaired) electrons. The predicted molar refractivity (Wildman–Crippen MR) is 77.5 cm³/mol. The largest absolute Gasteiger partial charge is 0.478 e. The zero-order valence-corrected chi connectivity index (χ0v) is 13.7. The summed E-state index contributed by atoms with van der Waals surface area (Å²) in [6.07, 6.45) is 0. The number of hydrogen-bond donors (Lipinski definition) is 4. The molecule has 0 fully saturated rings. The molecule has 9 heteroatoms. The van der Waals surface area contributed by atoms with Crippen LogP contribution in [0.2, 0.25) is 0 Å². The molecular weight excluding hydrogens is 319 g/mol. The fourth-order valence-corrected chi connectivity index (χ4v) is 2.21. The molecule has 2 aromatic carbocycles. The molecular formula is C14H8NaO8. The zero-order valence-electron chi connectivity index (χ0n) is 11.7. The third kappa shape index (κ3) is 3.19. The summed E-state index contributed by atoms with van der Waals surface area (Å²) in [7, 11) is 0. The van der Waals surface area contributed by atoms with Crippen molar-refractivity contribution in [2.75, 3.05) is 0 Å².